The quantitative estimate of drug-likeness (QED) is 0.556. The molecule has 0 aromatic heterocycles. The van der Waals surface area contributed by atoms with Gasteiger partial charge in [0.15, 0.2) is 0 Å². The van der Waals surface area contributed by atoms with Gasteiger partial charge in [-0.1, -0.05) is 24.6 Å². The van der Waals surface area contributed by atoms with Crippen molar-refractivity contribution in [1.82, 2.24) is 5.32 Å². The molecule has 1 heterocycles. The second-order valence-corrected chi connectivity index (χ2v) is 12.1. The average Bonchev–Trinajstić information content (AvgIpc) is 2.76. The summed E-state index contributed by atoms with van der Waals surface area (Å²) >= 11 is 0. The molecule has 4 bridgehead atoms. The molecule has 0 unspecified atom stereocenters. The van der Waals surface area contributed by atoms with Crippen molar-refractivity contribution in [3.05, 3.63) is 59.2 Å². The monoisotopic (exact) mass is 442 g/mol. The highest BCUT2D eigenvalue weighted by Crippen LogP contribution is 2.56. The van der Waals surface area contributed by atoms with Crippen LogP contribution in [0.2, 0.25) is 0 Å². The maximum Gasteiger partial charge on any atom is 0.119 e. The third kappa shape index (κ3) is 3.58. The molecule has 0 spiro atoms. The predicted molar refractivity (Wildman–Crippen MR) is 134 cm³/mol. The van der Waals surface area contributed by atoms with Crippen molar-refractivity contribution in [2.24, 2.45) is 23.7 Å². The molecule has 0 saturated heterocycles. The summed E-state index contributed by atoms with van der Waals surface area (Å²) in [6.07, 6.45) is 13.9. The fourth-order valence-corrected chi connectivity index (χ4v) is 8.52. The molecule has 0 amide bonds. The van der Waals surface area contributed by atoms with Gasteiger partial charge in [-0.25, -0.2) is 0 Å². The third-order valence-corrected chi connectivity index (χ3v) is 9.89. The maximum atomic E-state index is 5.56. The van der Waals surface area contributed by atoms with Crippen molar-refractivity contribution >= 4 is 5.69 Å². The van der Waals surface area contributed by atoms with Gasteiger partial charge in [-0.05, 0) is 122 Å². The molecule has 5 fully saturated rings. The first kappa shape index (κ1) is 20.4. The fourth-order valence-electron chi connectivity index (χ4n) is 8.52. The molecule has 2 aromatic rings. The van der Waals surface area contributed by atoms with Crippen molar-refractivity contribution in [2.75, 3.05) is 12.4 Å². The number of anilines is 1. The van der Waals surface area contributed by atoms with Crippen LogP contribution in [-0.2, 0) is 6.42 Å². The molecule has 2 N–H and O–H groups in total. The van der Waals surface area contributed by atoms with E-state index >= 15 is 0 Å². The van der Waals surface area contributed by atoms with Gasteiger partial charge in [0.2, 0.25) is 0 Å². The minimum atomic E-state index is 0.277. The molecule has 2 atom stereocenters. The van der Waals surface area contributed by atoms with Crippen molar-refractivity contribution in [1.29, 1.82) is 0 Å². The predicted octanol–water partition coefficient (Wildman–Crippen LogP) is 6.48. The van der Waals surface area contributed by atoms with Crippen molar-refractivity contribution in [2.45, 2.75) is 81.8 Å². The van der Waals surface area contributed by atoms with Gasteiger partial charge in [-0.2, -0.15) is 0 Å². The van der Waals surface area contributed by atoms with E-state index in [0.29, 0.717) is 11.6 Å². The number of ether oxygens (including phenoxy) is 1. The number of nitrogens with one attached hydrogen (secondary N) is 2. The van der Waals surface area contributed by atoms with Crippen LogP contribution in [0.15, 0.2) is 42.5 Å². The lowest BCUT2D eigenvalue weighted by atomic mass is 9.53. The van der Waals surface area contributed by atoms with Crippen molar-refractivity contribution in [3.63, 3.8) is 0 Å². The largest absolute Gasteiger partial charge is 0.497 e. The van der Waals surface area contributed by atoms with E-state index in [4.69, 9.17) is 4.74 Å². The van der Waals surface area contributed by atoms with Crippen LogP contribution in [0.5, 0.6) is 5.75 Å². The molecule has 5 saturated carbocycles. The van der Waals surface area contributed by atoms with Crippen molar-refractivity contribution < 1.29 is 4.74 Å². The molecule has 0 radical (unpaired) electrons. The van der Waals surface area contributed by atoms with Crippen LogP contribution in [0, 0.1) is 23.7 Å². The summed E-state index contributed by atoms with van der Waals surface area (Å²) in [7, 11) is 1.78. The zero-order valence-electron chi connectivity index (χ0n) is 20.0. The fraction of sp³-hybridized carbons (Fsp3) is 0.600. The van der Waals surface area contributed by atoms with Gasteiger partial charge in [0, 0.05) is 17.3 Å². The molecular formula is C30H38N2O. The van der Waals surface area contributed by atoms with Crippen LogP contribution in [-0.4, -0.2) is 18.7 Å². The number of fused-ring (bicyclic) bond motifs is 1. The van der Waals surface area contributed by atoms with Crippen LogP contribution >= 0.6 is 0 Å². The second kappa shape index (κ2) is 7.77. The summed E-state index contributed by atoms with van der Waals surface area (Å²) in [6.45, 7) is 0. The van der Waals surface area contributed by atoms with E-state index in [1.54, 1.807) is 7.11 Å². The zero-order chi connectivity index (χ0) is 22.0. The minimum Gasteiger partial charge on any atom is -0.497 e. The lowest BCUT2D eigenvalue weighted by molar-refractivity contribution is 0.0107. The van der Waals surface area contributed by atoms with E-state index in [1.165, 1.54) is 80.2 Å². The van der Waals surface area contributed by atoms with E-state index < -0.39 is 0 Å². The topological polar surface area (TPSA) is 33.3 Å². The Balaban J connectivity index is 1.14. The third-order valence-electron chi connectivity index (χ3n) is 9.89. The average molecular weight is 443 g/mol. The number of rotatable bonds is 5. The molecule has 33 heavy (non-hydrogen) atoms. The standard InChI is InChI=1S/C30H38N2O/c1-33-26-9-10-27-24(14-26)15-28(22-3-2-4-22)31-29(27)23-5-7-25(8-6-23)32-30-16-19-11-20(17-30)13-21(12-19)18-30/h5-10,14,19-22,28-29,31-32H,2-4,11-13,15-18H2,1H3/t19?,20?,21?,28-,29-,30?/m1/s1. The Morgan fingerprint density at radius 1 is 0.909 bits per heavy atom. The van der Waals surface area contributed by atoms with E-state index in [9.17, 15) is 0 Å². The van der Waals surface area contributed by atoms with Crippen LogP contribution in [0.3, 0.4) is 0 Å². The first-order valence-corrected chi connectivity index (χ1v) is 13.5. The SMILES string of the molecule is COc1ccc2c(c1)C[C@H](C1CCC1)N[C@@H]2c1ccc(NC23CC4CC(CC(C4)C2)C3)cc1. The molecule has 3 heteroatoms. The number of benzene rings is 2. The smallest absolute Gasteiger partial charge is 0.119 e. The molecular weight excluding hydrogens is 404 g/mol. The van der Waals surface area contributed by atoms with Crippen LogP contribution in [0.25, 0.3) is 0 Å². The normalized spacial score (nSPS) is 36.8. The molecule has 5 aliphatic carbocycles. The zero-order valence-corrected chi connectivity index (χ0v) is 20.0. The Hall–Kier alpha value is -2.00. The Labute approximate surface area is 198 Å². The molecule has 174 valence electrons. The molecule has 2 aromatic carbocycles. The highest BCUT2D eigenvalue weighted by molar-refractivity contribution is 5.51. The van der Waals surface area contributed by atoms with Gasteiger partial charge in [0.05, 0.1) is 13.2 Å². The molecule has 8 rings (SSSR count). The van der Waals surface area contributed by atoms with E-state index in [2.05, 4.69) is 53.1 Å². The summed E-state index contributed by atoms with van der Waals surface area (Å²) in [5, 5.41) is 8.11. The number of hydrogen-bond acceptors (Lipinski definition) is 3. The maximum absolute atomic E-state index is 5.56. The molecule has 1 aliphatic heterocycles. The highest BCUT2D eigenvalue weighted by Gasteiger charge is 2.50. The molecule has 3 nitrogen and oxygen atoms in total. The highest BCUT2D eigenvalue weighted by atomic mass is 16.5. The van der Waals surface area contributed by atoms with E-state index in [-0.39, 0.29) is 6.04 Å². The van der Waals surface area contributed by atoms with Crippen LogP contribution in [0.4, 0.5) is 5.69 Å². The Morgan fingerprint density at radius 2 is 1.61 bits per heavy atom. The van der Waals surface area contributed by atoms with E-state index in [0.717, 1.165) is 35.8 Å². The first-order chi connectivity index (χ1) is 16.2. The van der Waals surface area contributed by atoms with E-state index in [1.807, 2.05) is 0 Å². The molecule has 6 aliphatic rings. The van der Waals surface area contributed by atoms with Gasteiger partial charge in [-0.15, -0.1) is 0 Å². The van der Waals surface area contributed by atoms with Gasteiger partial charge in [0.1, 0.15) is 5.75 Å². The van der Waals surface area contributed by atoms with Crippen LogP contribution < -0.4 is 15.4 Å². The minimum absolute atomic E-state index is 0.277. The van der Waals surface area contributed by atoms with Crippen LogP contribution in [0.1, 0.15) is 80.5 Å². The second-order valence-electron chi connectivity index (χ2n) is 12.1. The summed E-state index contributed by atoms with van der Waals surface area (Å²) in [5.74, 6) is 4.74. The summed E-state index contributed by atoms with van der Waals surface area (Å²) in [6, 6.07) is 17.0. The van der Waals surface area contributed by atoms with Gasteiger partial charge in [-0.3, -0.25) is 0 Å². The summed E-state index contributed by atoms with van der Waals surface area (Å²) in [5.41, 5.74) is 5.97. The number of hydrogen-bond donors (Lipinski definition) is 2. The van der Waals surface area contributed by atoms with Crippen molar-refractivity contribution in [3.8, 4) is 5.75 Å². The first-order valence-electron chi connectivity index (χ1n) is 13.5. The van der Waals surface area contributed by atoms with Gasteiger partial charge >= 0.3 is 0 Å². The van der Waals surface area contributed by atoms with Gasteiger partial charge < -0.3 is 15.4 Å². The Bertz CT molecular complexity index is 989. The summed E-state index contributed by atoms with van der Waals surface area (Å²) < 4.78 is 5.56. The Kier molecular flexibility index (Phi) is 4.80. The number of methoxy groups -OCH3 is 1. The Morgan fingerprint density at radius 3 is 2.21 bits per heavy atom. The van der Waals surface area contributed by atoms with Gasteiger partial charge in [0.25, 0.3) is 0 Å². The lowest BCUT2D eigenvalue weighted by Gasteiger charge is -2.57. The lowest BCUT2D eigenvalue weighted by Crippen LogP contribution is -2.54. The summed E-state index contributed by atoms with van der Waals surface area (Å²) in [4.78, 5) is 0.